The Labute approximate surface area is 171 Å². The molecule has 1 aliphatic heterocycles. The van der Waals surface area contributed by atoms with Gasteiger partial charge in [-0.3, -0.25) is 4.79 Å². The van der Waals surface area contributed by atoms with Crippen molar-refractivity contribution in [2.75, 3.05) is 17.4 Å². The highest BCUT2D eigenvalue weighted by Gasteiger charge is 2.16. The quantitative estimate of drug-likeness (QED) is 0.563. The van der Waals surface area contributed by atoms with Crippen LogP contribution in [0, 0.1) is 6.92 Å². The maximum absolute atomic E-state index is 12.4. The molecule has 28 heavy (non-hydrogen) atoms. The van der Waals surface area contributed by atoms with E-state index in [0.717, 1.165) is 38.5 Å². The molecule has 5 nitrogen and oxygen atoms in total. The largest absolute Gasteiger partial charge is 0.454 e. The maximum atomic E-state index is 12.4. The second-order valence-electron chi connectivity index (χ2n) is 6.50. The van der Waals surface area contributed by atoms with E-state index < -0.39 is 0 Å². The molecule has 0 spiro atoms. The van der Waals surface area contributed by atoms with E-state index in [4.69, 9.17) is 9.47 Å². The SMILES string of the molecule is Cc1ccc(NC(=O)c2ccccc2)cc1NCc1cc2c(cc1Br)OCO2. The van der Waals surface area contributed by atoms with Gasteiger partial charge in [0.2, 0.25) is 6.79 Å². The maximum Gasteiger partial charge on any atom is 0.255 e. The first-order valence-corrected chi connectivity index (χ1v) is 9.68. The summed E-state index contributed by atoms with van der Waals surface area (Å²) in [6, 6.07) is 18.9. The lowest BCUT2D eigenvalue weighted by molar-refractivity contribution is 0.102. The first kappa shape index (κ1) is 18.4. The Morgan fingerprint density at radius 3 is 2.57 bits per heavy atom. The third-order valence-electron chi connectivity index (χ3n) is 4.54. The van der Waals surface area contributed by atoms with E-state index in [0.29, 0.717) is 12.1 Å². The van der Waals surface area contributed by atoms with Crippen LogP contribution in [-0.4, -0.2) is 12.7 Å². The van der Waals surface area contributed by atoms with Crippen LogP contribution >= 0.6 is 15.9 Å². The van der Waals surface area contributed by atoms with Crippen molar-refractivity contribution in [1.82, 2.24) is 0 Å². The summed E-state index contributed by atoms with van der Waals surface area (Å²) in [6.45, 7) is 2.88. The Bertz CT molecular complexity index is 1020. The van der Waals surface area contributed by atoms with Crippen molar-refractivity contribution in [3.05, 3.63) is 81.8 Å². The van der Waals surface area contributed by atoms with Crippen molar-refractivity contribution in [3.8, 4) is 11.5 Å². The van der Waals surface area contributed by atoms with Gasteiger partial charge in [-0.2, -0.15) is 0 Å². The highest BCUT2D eigenvalue weighted by Crippen LogP contribution is 2.37. The zero-order valence-electron chi connectivity index (χ0n) is 15.3. The average Bonchev–Trinajstić information content (AvgIpc) is 3.16. The van der Waals surface area contributed by atoms with Crippen LogP contribution in [0.25, 0.3) is 0 Å². The van der Waals surface area contributed by atoms with Gasteiger partial charge in [0.1, 0.15) is 0 Å². The molecule has 142 valence electrons. The number of nitrogens with one attached hydrogen (secondary N) is 2. The van der Waals surface area contributed by atoms with E-state index in [-0.39, 0.29) is 12.7 Å². The molecule has 0 saturated heterocycles. The lowest BCUT2D eigenvalue weighted by atomic mass is 10.1. The van der Waals surface area contributed by atoms with Gasteiger partial charge in [0.15, 0.2) is 11.5 Å². The van der Waals surface area contributed by atoms with E-state index in [1.165, 1.54) is 0 Å². The molecule has 0 radical (unpaired) electrons. The van der Waals surface area contributed by atoms with E-state index >= 15 is 0 Å². The van der Waals surface area contributed by atoms with Gasteiger partial charge < -0.3 is 20.1 Å². The smallest absolute Gasteiger partial charge is 0.255 e. The van der Waals surface area contributed by atoms with Crippen molar-refractivity contribution < 1.29 is 14.3 Å². The van der Waals surface area contributed by atoms with Crippen molar-refractivity contribution in [2.24, 2.45) is 0 Å². The molecule has 0 aromatic heterocycles. The average molecular weight is 439 g/mol. The lowest BCUT2D eigenvalue weighted by Crippen LogP contribution is -2.12. The third-order valence-corrected chi connectivity index (χ3v) is 5.28. The predicted molar refractivity (Wildman–Crippen MR) is 113 cm³/mol. The van der Waals surface area contributed by atoms with Crippen LogP contribution in [0.5, 0.6) is 11.5 Å². The second-order valence-corrected chi connectivity index (χ2v) is 7.35. The van der Waals surface area contributed by atoms with Crippen LogP contribution in [0.15, 0.2) is 65.1 Å². The molecule has 1 heterocycles. The zero-order valence-corrected chi connectivity index (χ0v) is 16.9. The molecule has 0 fully saturated rings. The summed E-state index contributed by atoms with van der Waals surface area (Å²) in [5, 5.41) is 6.38. The fraction of sp³-hybridized carbons (Fsp3) is 0.136. The topological polar surface area (TPSA) is 59.6 Å². The minimum Gasteiger partial charge on any atom is -0.454 e. The number of rotatable bonds is 5. The molecule has 2 N–H and O–H groups in total. The van der Waals surface area contributed by atoms with Gasteiger partial charge in [-0.05, 0) is 54.4 Å². The Hall–Kier alpha value is -2.99. The summed E-state index contributed by atoms with van der Waals surface area (Å²) < 4.78 is 11.8. The number of halogens is 1. The highest BCUT2D eigenvalue weighted by molar-refractivity contribution is 9.10. The highest BCUT2D eigenvalue weighted by atomic mass is 79.9. The molecule has 1 aliphatic rings. The molecule has 3 aromatic rings. The van der Waals surface area contributed by atoms with Gasteiger partial charge in [0, 0.05) is 28.0 Å². The van der Waals surface area contributed by atoms with E-state index in [9.17, 15) is 4.79 Å². The van der Waals surface area contributed by atoms with E-state index in [1.807, 2.05) is 55.5 Å². The Kier molecular flexibility index (Phi) is 5.21. The van der Waals surface area contributed by atoms with Gasteiger partial charge in [-0.1, -0.05) is 40.2 Å². The number of aryl methyl sites for hydroxylation is 1. The van der Waals surface area contributed by atoms with Crippen molar-refractivity contribution in [2.45, 2.75) is 13.5 Å². The molecule has 0 atom stereocenters. The van der Waals surface area contributed by atoms with E-state index in [2.05, 4.69) is 26.6 Å². The van der Waals surface area contributed by atoms with Crippen LogP contribution in [0.3, 0.4) is 0 Å². The van der Waals surface area contributed by atoms with Crippen LogP contribution < -0.4 is 20.1 Å². The number of carbonyl (C=O) groups is 1. The molecule has 0 aliphatic carbocycles. The van der Waals surface area contributed by atoms with Crippen LogP contribution in [0.2, 0.25) is 0 Å². The summed E-state index contributed by atoms with van der Waals surface area (Å²) in [5.74, 6) is 1.37. The number of anilines is 2. The van der Waals surface area contributed by atoms with Crippen molar-refractivity contribution in [3.63, 3.8) is 0 Å². The fourth-order valence-electron chi connectivity index (χ4n) is 2.97. The number of fused-ring (bicyclic) bond motifs is 1. The molecule has 3 aromatic carbocycles. The Morgan fingerprint density at radius 2 is 1.79 bits per heavy atom. The monoisotopic (exact) mass is 438 g/mol. The van der Waals surface area contributed by atoms with Gasteiger partial charge >= 0.3 is 0 Å². The zero-order chi connectivity index (χ0) is 19.5. The van der Waals surface area contributed by atoms with Gasteiger partial charge in [0.05, 0.1) is 0 Å². The lowest BCUT2D eigenvalue weighted by Gasteiger charge is -2.14. The molecule has 0 saturated carbocycles. The summed E-state index contributed by atoms with van der Waals surface area (Å²) >= 11 is 3.58. The molecular formula is C22H19BrN2O3. The van der Waals surface area contributed by atoms with Gasteiger partial charge in [-0.25, -0.2) is 0 Å². The van der Waals surface area contributed by atoms with Crippen molar-refractivity contribution >= 4 is 33.2 Å². The molecule has 4 rings (SSSR count). The number of amides is 1. The molecule has 6 heteroatoms. The third kappa shape index (κ3) is 3.97. The fourth-order valence-corrected chi connectivity index (χ4v) is 3.43. The Morgan fingerprint density at radius 1 is 1.04 bits per heavy atom. The number of benzene rings is 3. The van der Waals surface area contributed by atoms with Crippen molar-refractivity contribution in [1.29, 1.82) is 0 Å². The normalized spacial score (nSPS) is 11.9. The van der Waals surface area contributed by atoms with Gasteiger partial charge in [-0.15, -0.1) is 0 Å². The molecule has 1 amide bonds. The van der Waals surface area contributed by atoms with E-state index in [1.54, 1.807) is 12.1 Å². The molecule has 0 bridgehead atoms. The molecule has 0 unspecified atom stereocenters. The summed E-state index contributed by atoms with van der Waals surface area (Å²) in [4.78, 5) is 12.4. The number of hydrogen-bond donors (Lipinski definition) is 2. The van der Waals surface area contributed by atoms with Crippen LogP contribution in [0.4, 0.5) is 11.4 Å². The molecular weight excluding hydrogens is 420 g/mol. The van der Waals surface area contributed by atoms with Crippen LogP contribution in [0.1, 0.15) is 21.5 Å². The number of ether oxygens (including phenoxy) is 2. The summed E-state index contributed by atoms with van der Waals surface area (Å²) in [6.07, 6.45) is 0. The number of carbonyl (C=O) groups excluding carboxylic acids is 1. The minimum atomic E-state index is -0.131. The second kappa shape index (κ2) is 7.94. The predicted octanol–water partition coefficient (Wildman–Crippen LogP) is 5.35. The van der Waals surface area contributed by atoms with Crippen LogP contribution in [-0.2, 0) is 6.54 Å². The standard InChI is InChI=1S/C22H19BrN2O3/c1-14-7-8-17(25-22(26)15-5-3-2-4-6-15)10-19(14)24-12-16-9-20-21(11-18(16)23)28-13-27-20/h2-11,24H,12-13H2,1H3,(H,25,26). The van der Waals surface area contributed by atoms with Gasteiger partial charge in [0.25, 0.3) is 5.91 Å². The first-order valence-electron chi connectivity index (χ1n) is 8.89. The number of hydrogen-bond acceptors (Lipinski definition) is 4. The minimum absolute atomic E-state index is 0.131. The summed E-state index contributed by atoms with van der Waals surface area (Å²) in [5.41, 5.74) is 4.47. The Balaban J connectivity index is 1.48. The summed E-state index contributed by atoms with van der Waals surface area (Å²) in [7, 11) is 0. The first-order chi connectivity index (χ1) is 13.6.